The molecule has 2 aromatic heterocycles. The van der Waals surface area contributed by atoms with Gasteiger partial charge in [0, 0.05) is 21.8 Å². The number of aromatic nitrogens is 3. The molecule has 1 aliphatic heterocycles. The minimum absolute atomic E-state index is 0.255. The zero-order chi connectivity index (χ0) is 32.5. The largest absolute Gasteiger partial charge is 0.465 e. The van der Waals surface area contributed by atoms with Crippen LogP contribution in [0.1, 0.15) is 48.3 Å². The van der Waals surface area contributed by atoms with Crippen molar-refractivity contribution < 1.29 is 19.1 Å². The highest BCUT2D eigenvalue weighted by Gasteiger charge is 2.34. The Morgan fingerprint density at radius 1 is 0.978 bits per heavy atom. The number of halogens is 1. The summed E-state index contributed by atoms with van der Waals surface area (Å²) in [6, 6.07) is 23.4. The van der Waals surface area contributed by atoms with Gasteiger partial charge >= 0.3 is 11.9 Å². The van der Waals surface area contributed by atoms with E-state index in [1.54, 1.807) is 49.7 Å². The minimum Gasteiger partial charge on any atom is -0.465 e. The molecule has 0 spiro atoms. The molecule has 1 unspecified atom stereocenters. The lowest BCUT2D eigenvalue weighted by Crippen LogP contribution is -2.40. The van der Waals surface area contributed by atoms with E-state index in [-0.39, 0.29) is 17.2 Å². The van der Waals surface area contributed by atoms with Crippen molar-refractivity contribution in [2.75, 3.05) is 7.11 Å². The summed E-state index contributed by atoms with van der Waals surface area (Å²) in [5, 5.41) is 4.89. The fraction of sp³-hybridized carbons (Fsp3) is 0.171. The number of nitrogens with zero attached hydrogens (tertiary/aromatic N) is 4. The Morgan fingerprint density at radius 3 is 2.33 bits per heavy atom. The number of carbonyl (C=O) groups excluding carboxylic acids is 2. The van der Waals surface area contributed by atoms with Crippen LogP contribution in [-0.4, -0.2) is 39.5 Å². The molecule has 0 radical (unpaired) electrons. The van der Waals surface area contributed by atoms with Crippen molar-refractivity contribution in [1.29, 1.82) is 0 Å². The second-order valence-electron chi connectivity index (χ2n) is 10.9. The van der Waals surface area contributed by atoms with E-state index >= 15 is 0 Å². The lowest BCUT2D eigenvalue weighted by atomic mass is 9.95. The maximum Gasteiger partial charge on any atom is 0.338 e. The van der Waals surface area contributed by atoms with E-state index in [0.717, 1.165) is 21.3 Å². The number of esters is 2. The summed E-state index contributed by atoms with van der Waals surface area (Å²) in [6.07, 6.45) is 3.33. The molecule has 0 fully saturated rings. The highest BCUT2D eigenvalue weighted by Crippen LogP contribution is 2.31. The Morgan fingerprint density at radius 2 is 1.67 bits per heavy atom. The van der Waals surface area contributed by atoms with Gasteiger partial charge in [0.15, 0.2) is 4.80 Å². The molecule has 9 nitrogen and oxygen atoms in total. The molecule has 1 aliphatic rings. The van der Waals surface area contributed by atoms with E-state index in [9.17, 15) is 14.4 Å². The molecule has 232 valence electrons. The Balaban J connectivity index is 1.54. The van der Waals surface area contributed by atoms with E-state index in [4.69, 9.17) is 19.6 Å². The number of allylic oxidation sites excluding steroid dienone is 1. The fourth-order valence-corrected chi connectivity index (χ4v) is 6.58. The van der Waals surface area contributed by atoms with Crippen molar-refractivity contribution in [3.8, 4) is 16.9 Å². The van der Waals surface area contributed by atoms with Crippen molar-refractivity contribution in [2.24, 2.45) is 4.99 Å². The smallest absolute Gasteiger partial charge is 0.338 e. The molecule has 1 atom stereocenters. The molecule has 3 heterocycles. The van der Waals surface area contributed by atoms with Gasteiger partial charge in [0.2, 0.25) is 0 Å². The van der Waals surface area contributed by atoms with Gasteiger partial charge in [0.1, 0.15) is 0 Å². The summed E-state index contributed by atoms with van der Waals surface area (Å²) < 4.78 is 15.1. The molecule has 11 heteroatoms. The molecular weight excluding hydrogens is 668 g/mol. The number of methoxy groups -OCH3 is 1. The number of hydrogen-bond acceptors (Lipinski definition) is 8. The van der Waals surface area contributed by atoms with Gasteiger partial charge < -0.3 is 9.47 Å². The third-order valence-corrected chi connectivity index (χ3v) is 8.91. The van der Waals surface area contributed by atoms with Gasteiger partial charge in [-0.15, -0.1) is 0 Å². The summed E-state index contributed by atoms with van der Waals surface area (Å²) in [5.41, 5.74) is 4.57. The molecule has 46 heavy (non-hydrogen) atoms. The number of carbonyl (C=O) groups is 2. The topological polar surface area (TPSA) is 105 Å². The van der Waals surface area contributed by atoms with Crippen LogP contribution in [0.4, 0.5) is 0 Å². The first-order chi connectivity index (χ1) is 22.1. The van der Waals surface area contributed by atoms with E-state index in [1.165, 1.54) is 23.0 Å². The summed E-state index contributed by atoms with van der Waals surface area (Å²) in [5.74, 6) is -1.05. The highest BCUT2D eigenvalue weighted by molar-refractivity contribution is 9.10. The number of para-hydroxylation sites is 1. The molecular formula is C35H29BrN4O5S. The molecule has 0 saturated heterocycles. The predicted octanol–water partition coefficient (Wildman–Crippen LogP) is 5.59. The number of hydrogen-bond donors (Lipinski definition) is 0. The van der Waals surface area contributed by atoms with Gasteiger partial charge in [0.05, 0.1) is 52.0 Å². The zero-order valence-electron chi connectivity index (χ0n) is 25.4. The molecule has 3 aromatic carbocycles. The quantitative estimate of drug-likeness (QED) is 0.206. The van der Waals surface area contributed by atoms with Crippen LogP contribution in [0.5, 0.6) is 0 Å². The lowest BCUT2D eigenvalue weighted by Gasteiger charge is -2.25. The average Bonchev–Trinajstić information content (AvgIpc) is 3.61. The van der Waals surface area contributed by atoms with Gasteiger partial charge in [-0.25, -0.2) is 19.3 Å². The Labute approximate surface area is 276 Å². The van der Waals surface area contributed by atoms with Crippen LogP contribution >= 0.6 is 27.3 Å². The normalized spacial score (nSPS) is 14.7. The van der Waals surface area contributed by atoms with Crippen molar-refractivity contribution in [3.05, 3.63) is 137 Å². The van der Waals surface area contributed by atoms with Crippen LogP contribution < -0.4 is 14.9 Å². The number of rotatable bonds is 7. The SMILES string of the molecule is COC(=O)c1ccc(C2C(C(=O)OC(C)C)=C(C)N=c3sc(=Cc4cn(-c5ccccc5)nc4-c4ccc(Br)cc4)c(=O)n32)cc1. The van der Waals surface area contributed by atoms with Crippen LogP contribution in [0.15, 0.2) is 111 Å². The van der Waals surface area contributed by atoms with Crippen LogP contribution in [0.25, 0.3) is 23.0 Å². The number of thiazole rings is 1. The van der Waals surface area contributed by atoms with Crippen molar-refractivity contribution in [2.45, 2.75) is 32.9 Å². The zero-order valence-corrected chi connectivity index (χ0v) is 27.8. The number of benzene rings is 3. The molecule has 0 amide bonds. The van der Waals surface area contributed by atoms with E-state index in [2.05, 4.69) is 15.9 Å². The first-order valence-corrected chi connectivity index (χ1v) is 16.1. The monoisotopic (exact) mass is 696 g/mol. The van der Waals surface area contributed by atoms with Crippen LogP contribution in [0.3, 0.4) is 0 Å². The summed E-state index contributed by atoms with van der Waals surface area (Å²) in [4.78, 5) is 45.0. The van der Waals surface area contributed by atoms with Gasteiger partial charge in [-0.1, -0.05) is 69.7 Å². The average molecular weight is 698 g/mol. The molecule has 0 saturated carbocycles. The number of fused-ring (bicyclic) bond motifs is 1. The van der Waals surface area contributed by atoms with E-state index < -0.39 is 18.0 Å². The van der Waals surface area contributed by atoms with Gasteiger partial charge in [-0.3, -0.25) is 9.36 Å². The van der Waals surface area contributed by atoms with Gasteiger partial charge in [-0.2, -0.15) is 5.10 Å². The van der Waals surface area contributed by atoms with Crippen molar-refractivity contribution in [3.63, 3.8) is 0 Å². The lowest BCUT2D eigenvalue weighted by molar-refractivity contribution is -0.143. The molecule has 0 aliphatic carbocycles. The third-order valence-electron chi connectivity index (χ3n) is 7.40. The molecule has 5 aromatic rings. The first kappa shape index (κ1) is 31.1. The highest BCUT2D eigenvalue weighted by atomic mass is 79.9. The van der Waals surface area contributed by atoms with Crippen LogP contribution in [0.2, 0.25) is 0 Å². The second kappa shape index (κ2) is 12.9. The van der Waals surface area contributed by atoms with E-state index in [0.29, 0.717) is 31.9 Å². The standard InChI is InChI=1S/C35H29BrN4O5S/c1-20(2)45-34(43)29-21(3)37-35-40(31(29)23-10-12-24(13-11-23)33(42)44-4)32(41)28(46-35)18-25-19-39(27-8-6-5-7-9-27)38-30(25)22-14-16-26(36)17-15-22/h5-20,31H,1-4H3. The minimum atomic E-state index is -0.825. The summed E-state index contributed by atoms with van der Waals surface area (Å²) in [7, 11) is 1.31. The van der Waals surface area contributed by atoms with Gasteiger partial charge in [-0.05, 0) is 68.8 Å². The van der Waals surface area contributed by atoms with Crippen LogP contribution in [0, 0.1) is 0 Å². The fourth-order valence-electron chi connectivity index (χ4n) is 5.27. The summed E-state index contributed by atoms with van der Waals surface area (Å²) >= 11 is 4.73. The molecule has 6 rings (SSSR count). The maximum atomic E-state index is 14.3. The van der Waals surface area contributed by atoms with E-state index in [1.807, 2.05) is 66.9 Å². The Hall–Kier alpha value is -4.87. The summed E-state index contributed by atoms with van der Waals surface area (Å²) in [6.45, 7) is 5.27. The van der Waals surface area contributed by atoms with Crippen molar-refractivity contribution in [1.82, 2.24) is 14.3 Å². The molecule has 0 bridgehead atoms. The Kier molecular flexibility index (Phi) is 8.70. The first-order valence-electron chi connectivity index (χ1n) is 14.5. The Bertz CT molecular complexity index is 2160. The van der Waals surface area contributed by atoms with Crippen molar-refractivity contribution >= 4 is 45.3 Å². The predicted molar refractivity (Wildman–Crippen MR) is 179 cm³/mol. The van der Waals surface area contributed by atoms with Gasteiger partial charge in [0.25, 0.3) is 5.56 Å². The second-order valence-corrected chi connectivity index (χ2v) is 12.8. The maximum absolute atomic E-state index is 14.3. The molecule has 0 N–H and O–H groups in total. The number of ether oxygens (including phenoxy) is 2. The van der Waals surface area contributed by atoms with Crippen LogP contribution in [-0.2, 0) is 14.3 Å². The third kappa shape index (κ3) is 6.03.